The van der Waals surface area contributed by atoms with E-state index in [1.54, 1.807) is 6.92 Å². The number of benzene rings is 1. The lowest BCUT2D eigenvalue weighted by Crippen LogP contribution is -2.55. The minimum Gasteiger partial charge on any atom is -0.480 e. The van der Waals surface area contributed by atoms with Gasteiger partial charge in [0.2, 0.25) is 0 Å². The molecule has 0 spiro atoms. The van der Waals surface area contributed by atoms with Crippen LogP contribution in [0.4, 0.5) is 5.69 Å². The first kappa shape index (κ1) is 18.3. The van der Waals surface area contributed by atoms with Crippen LogP contribution in [0, 0.1) is 23.0 Å². The first-order valence-electron chi connectivity index (χ1n) is 8.85. The van der Waals surface area contributed by atoms with Crippen LogP contribution in [-0.2, 0) is 4.79 Å². The van der Waals surface area contributed by atoms with Gasteiger partial charge in [-0.15, -0.1) is 0 Å². The quantitative estimate of drug-likeness (QED) is 0.541. The number of aliphatic carboxylic acids is 1. The van der Waals surface area contributed by atoms with Crippen LogP contribution in [0.5, 0.6) is 0 Å². The van der Waals surface area contributed by atoms with Gasteiger partial charge in [0.25, 0.3) is 11.6 Å². The molecule has 0 heterocycles. The lowest BCUT2D eigenvalue weighted by molar-refractivity contribution is -0.384. The van der Waals surface area contributed by atoms with E-state index in [1.165, 1.54) is 31.0 Å². The van der Waals surface area contributed by atoms with Crippen LogP contribution in [-0.4, -0.2) is 52.0 Å². The van der Waals surface area contributed by atoms with Crippen molar-refractivity contribution in [1.29, 1.82) is 0 Å². The van der Waals surface area contributed by atoms with Crippen molar-refractivity contribution in [2.45, 2.75) is 44.7 Å². The molecule has 1 aromatic rings. The molecule has 0 aromatic heterocycles. The third kappa shape index (κ3) is 4.37. The van der Waals surface area contributed by atoms with Crippen molar-refractivity contribution in [1.82, 2.24) is 10.2 Å². The molecule has 26 heavy (non-hydrogen) atoms. The van der Waals surface area contributed by atoms with Crippen LogP contribution >= 0.6 is 0 Å². The lowest BCUT2D eigenvalue weighted by atomic mass is 9.85. The number of non-ortho nitro benzene ring substituents is 1. The Kier molecular flexibility index (Phi) is 5.22. The van der Waals surface area contributed by atoms with E-state index in [9.17, 15) is 19.7 Å². The molecule has 0 aliphatic heterocycles. The number of carboxylic acids is 1. The third-order valence-corrected chi connectivity index (χ3v) is 5.16. The van der Waals surface area contributed by atoms with Crippen LogP contribution in [0.25, 0.3) is 0 Å². The molecule has 2 N–H and O–H groups in total. The van der Waals surface area contributed by atoms with Crippen molar-refractivity contribution in [2.75, 3.05) is 13.1 Å². The summed E-state index contributed by atoms with van der Waals surface area (Å²) < 4.78 is 0. The van der Waals surface area contributed by atoms with E-state index in [0.717, 1.165) is 19.4 Å². The van der Waals surface area contributed by atoms with Crippen molar-refractivity contribution in [3.8, 4) is 0 Å². The number of nitrogens with one attached hydrogen (secondary N) is 1. The number of hydrogen-bond donors (Lipinski definition) is 2. The Balaban J connectivity index is 1.53. The Hall–Kier alpha value is -2.48. The summed E-state index contributed by atoms with van der Waals surface area (Å²) >= 11 is 0. The fourth-order valence-corrected chi connectivity index (χ4v) is 3.43. The molecule has 2 aliphatic carbocycles. The molecule has 0 saturated heterocycles. The predicted octanol–water partition coefficient (Wildman–Crippen LogP) is 1.96. The van der Waals surface area contributed by atoms with Crippen molar-refractivity contribution in [2.24, 2.45) is 5.92 Å². The zero-order valence-corrected chi connectivity index (χ0v) is 14.7. The third-order valence-electron chi connectivity index (χ3n) is 5.16. The lowest BCUT2D eigenvalue weighted by Gasteiger charge is -2.42. The molecule has 140 valence electrons. The first-order chi connectivity index (χ1) is 12.3. The van der Waals surface area contributed by atoms with Crippen LogP contribution in [0.2, 0.25) is 0 Å². The Labute approximate surface area is 151 Å². The minimum absolute atomic E-state index is 0.0117. The van der Waals surface area contributed by atoms with Gasteiger partial charge in [-0.3, -0.25) is 24.6 Å². The zero-order valence-electron chi connectivity index (χ0n) is 14.7. The van der Waals surface area contributed by atoms with Crippen LogP contribution in [0.1, 0.15) is 41.6 Å². The van der Waals surface area contributed by atoms with Gasteiger partial charge in [-0.1, -0.05) is 0 Å². The second kappa shape index (κ2) is 7.41. The van der Waals surface area contributed by atoms with Crippen molar-refractivity contribution in [3.05, 3.63) is 39.4 Å². The second-order valence-electron chi connectivity index (χ2n) is 7.32. The number of carbonyl (C=O) groups is 2. The molecule has 0 bridgehead atoms. The Morgan fingerprint density at radius 2 is 2.04 bits per heavy atom. The maximum Gasteiger partial charge on any atom is 0.317 e. The number of carboxylic acid groups (broad SMARTS) is 1. The molecule has 8 nitrogen and oxygen atoms in total. The van der Waals surface area contributed by atoms with E-state index in [0.29, 0.717) is 17.0 Å². The first-order valence-corrected chi connectivity index (χ1v) is 8.85. The summed E-state index contributed by atoms with van der Waals surface area (Å²) in [6.07, 6.45) is 3.81. The molecule has 1 aromatic carbocycles. The average Bonchev–Trinajstić information content (AvgIpc) is 3.32. The number of amides is 1. The standard InChI is InChI=1S/C18H23N3O5/c1-11-6-14(21(25)26)4-5-16(11)18(24)19-13-7-15(8-13)20(10-17(22)23)9-12-2-3-12/h4-6,12-13,15H,2-3,7-10H2,1H3,(H,19,24)(H,22,23). The largest absolute Gasteiger partial charge is 0.480 e. The van der Waals surface area contributed by atoms with E-state index in [2.05, 4.69) is 5.32 Å². The number of nitro groups is 1. The van der Waals surface area contributed by atoms with Gasteiger partial charge < -0.3 is 10.4 Å². The fourth-order valence-electron chi connectivity index (χ4n) is 3.43. The van der Waals surface area contributed by atoms with E-state index in [1.807, 2.05) is 4.90 Å². The molecule has 8 heteroatoms. The zero-order chi connectivity index (χ0) is 18.8. The van der Waals surface area contributed by atoms with Gasteiger partial charge in [0, 0.05) is 36.3 Å². The Bertz CT molecular complexity index is 726. The summed E-state index contributed by atoms with van der Waals surface area (Å²) in [5.41, 5.74) is 0.959. The molecular formula is C18H23N3O5. The summed E-state index contributed by atoms with van der Waals surface area (Å²) in [7, 11) is 0. The molecule has 1 amide bonds. The van der Waals surface area contributed by atoms with Gasteiger partial charge in [-0.05, 0) is 50.2 Å². The normalized spacial score (nSPS) is 21.9. The van der Waals surface area contributed by atoms with Gasteiger partial charge in [0.1, 0.15) is 0 Å². The topological polar surface area (TPSA) is 113 Å². The fraction of sp³-hybridized carbons (Fsp3) is 0.556. The molecule has 2 saturated carbocycles. The highest BCUT2D eigenvalue weighted by molar-refractivity contribution is 5.96. The summed E-state index contributed by atoms with van der Waals surface area (Å²) in [5.74, 6) is -0.446. The van der Waals surface area contributed by atoms with Crippen LogP contribution in [0.15, 0.2) is 18.2 Å². The predicted molar refractivity (Wildman–Crippen MR) is 94.0 cm³/mol. The van der Waals surface area contributed by atoms with Crippen molar-refractivity contribution >= 4 is 17.6 Å². The summed E-state index contributed by atoms with van der Waals surface area (Å²) in [4.78, 5) is 35.8. The molecule has 0 atom stereocenters. The number of nitrogens with zero attached hydrogens (tertiary/aromatic N) is 2. The SMILES string of the molecule is Cc1cc([N+](=O)[O-])ccc1C(=O)NC1CC(N(CC(=O)O)CC2CC2)C1. The van der Waals surface area contributed by atoms with Crippen LogP contribution < -0.4 is 5.32 Å². The van der Waals surface area contributed by atoms with E-state index < -0.39 is 10.9 Å². The van der Waals surface area contributed by atoms with E-state index in [-0.39, 0.29) is 30.2 Å². The van der Waals surface area contributed by atoms with Gasteiger partial charge in [-0.2, -0.15) is 0 Å². The number of rotatable bonds is 8. The van der Waals surface area contributed by atoms with Crippen molar-refractivity contribution in [3.63, 3.8) is 0 Å². The highest BCUT2D eigenvalue weighted by Gasteiger charge is 2.37. The van der Waals surface area contributed by atoms with Gasteiger partial charge in [0.05, 0.1) is 11.5 Å². The van der Waals surface area contributed by atoms with E-state index >= 15 is 0 Å². The Morgan fingerprint density at radius 3 is 2.58 bits per heavy atom. The highest BCUT2D eigenvalue weighted by Crippen LogP contribution is 2.34. The monoisotopic (exact) mass is 361 g/mol. The molecule has 2 aliphatic rings. The highest BCUT2D eigenvalue weighted by atomic mass is 16.6. The van der Waals surface area contributed by atoms with Gasteiger partial charge >= 0.3 is 5.97 Å². The number of aryl methyl sites for hydroxylation is 1. The number of hydrogen-bond acceptors (Lipinski definition) is 5. The maximum atomic E-state index is 12.4. The van der Waals surface area contributed by atoms with Gasteiger partial charge in [0.15, 0.2) is 0 Å². The summed E-state index contributed by atoms with van der Waals surface area (Å²) in [6, 6.07) is 4.40. The summed E-state index contributed by atoms with van der Waals surface area (Å²) in [5, 5.41) is 22.8. The molecule has 0 radical (unpaired) electrons. The second-order valence-corrected chi connectivity index (χ2v) is 7.32. The molecule has 2 fully saturated rings. The average molecular weight is 361 g/mol. The summed E-state index contributed by atoms with van der Waals surface area (Å²) in [6.45, 7) is 2.54. The van der Waals surface area contributed by atoms with Crippen molar-refractivity contribution < 1.29 is 19.6 Å². The van der Waals surface area contributed by atoms with Gasteiger partial charge in [-0.25, -0.2) is 0 Å². The van der Waals surface area contributed by atoms with E-state index in [4.69, 9.17) is 5.11 Å². The molecular weight excluding hydrogens is 338 g/mol. The smallest absolute Gasteiger partial charge is 0.317 e. The van der Waals surface area contributed by atoms with Crippen LogP contribution in [0.3, 0.4) is 0 Å². The molecule has 3 rings (SSSR count). The maximum absolute atomic E-state index is 12.4. The number of carbonyl (C=O) groups excluding carboxylic acids is 1. The molecule has 0 unspecified atom stereocenters. The Morgan fingerprint density at radius 1 is 1.35 bits per heavy atom. The minimum atomic E-state index is -0.820. The number of nitro benzene ring substituents is 1.